The van der Waals surface area contributed by atoms with Crippen LogP contribution >= 0.6 is 15.9 Å². The summed E-state index contributed by atoms with van der Waals surface area (Å²) in [6.45, 7) is -0.904. The van der Waals surface area contributed by atoms with Crippen molar-refractivity contribution in [1.29, 1.82) is 0 Å². The van der Waals surface area contributed by atoms with Crippen LogP contribution in [0.25, 0.3) is 0 Å². The molecule has 1 aliphatic carbocycles. The van der Waals surface area contributed by atoms with Gasteiger partial charge in [0.2, 0.25) is 0 Å². The van der Waals surface area contributed by atoms with E-state index >= 15 is 0 Å². The quantitative estimate of drug-likeness (QED) is 0.563. The highest BCUT2D eigenvalue weighted by molar-refractivity contribution is 9.09. The fourth-order valence-electron chi connectivity index (χ4n) is 1.74. The van der Waals surface area contributed by atoms with Crippen molar-refractivity contribution in [3.05, 3.63) is 0 Å². The Kier molecular flexibility index (Phi) is 4.70. The lowest BCUT2D eigenvalue weighted by Crippen LogP contribution is -2.19. The van der Waals surface area contributed by atoms with E-state index in [-0.39, 0.29) is 6.61 Å². The van der Waals surface area contributed by atoms with Gasteiger partial charge in [0, 0.05) is 11.4 Å². The van der Waals surface area contributed by atoms with Crippen molar-refractivity contribution in [2.45, 2.75) is 36.7 Å². The molecule has 1 nitrogen and oxygen atoms in total. The second-order valence-electron chi connectivity index (χ2n) is 3.66. The van der Waals surface area contributed by atoms with Crippen LogP contribution in [-0.2, 0) is 4.74 Å². The first-order chi connectivity index (χ1) is 6.49. The van der Waals surface area contributed by atoms with Gasteiger partial charge in [0.05, 0.1) is 0 Å². The van der Waals surface area contributed by atoms with Crippen LogP contribution < -0.4 is 0 Å². The molecule has 0 heterocycles. The summed E-state index contributed by atoms with van der Waals surface area (Å²) < 4.78 is 39.7. The summed E-state index contributed by atoms with van der Waals surface area (Å²) in [6.07, 6.45) is -0.0649. The third kappa shape index (κ3) is 4.64. The molecule has 0 amide bonds. The second kappa shape index (κ2) is 5.35. The molecule has 1 aliphatic rings. The molecule has 0 N–H and O–H groups in total. The van der Waals surface area contributed by atoms with Gasteiger partial charge >= 0.3 is 6.18 Å². The number of hydrogen-bond acceptors (Lipinski definition) is 1. The van der Waals surface area contributed by atoms with Gasteiger partial charge < -0.3 is 4.74 Å². The highest BCUT2D eigenvalue weighted by Crippen LogP contribution is 2.33. The molecular formula is C9H14BrF3O. The summed E-state index contributed by atoms with van der Waals surface area (Å²) >= 11 is 3.52. The average Bonchev–Trinajstić information content (AvgIpc) is 2.44. The molecule has 5 heteroatoms. The van der Waals surface area contributed by atoms with Crippen molar-refractivity contribution in [3.8, 4) is 0 Å². The second-order valence-corrected chi connectivity index (χ2v) is 4.84. The normalized spacial score (nSPS) is 28.3. The van der Waals surface area contributed by atoms with Crippen LogP contribution in [0.3, 0.4) is 0 Å². The zero-order valence-corrected chi connectivity index (χ0v) is 9.40. The summed E-state index contributed by atoms with van der Waals surface area (Å²) in [5.41, 5.74) is 0. The summed E-state index contributed by atoms with van der Waals surface area (Å²) in [7, 11) is 0. The first-order valence-electron chi connectivity index (χ1n) is 4.77. The molecule has 0 saturated heterocycles. The minimum Gasteiger partial charge on any atom is -0.372 e. The van der Waals surface area contributed by atoms with E-state index in [4.69, 9.17) is 0 Å². The summed E-state index contributed by atoms with van der Waals surface area (Å²) in [5, 5.41) is 0. The van der Waals surface area contributed by atoms with Crippen LogP contribution in [0.15, 0.2) is 0 Å². The lowest BCUT2D eigenvalue weighted by atomic mass is 10.1. The van der Waals surface area contributed by atoms with E-state index in [9.17, 15) is 13.2 Å². The summed E-state index contributed by atoms with van der Waals surface area (Å²) in [4.78, 5) is 0.469. The molecule has 0 radical (unpaired) electrons. The lowest BCUT2D eigenvalue weighted by molar-refractivity contribution is -0.174. The van der Waals surface area contributed by atoms with E-state index in [1.807, 2.05) is 0 Å². The monoisotopic (exact) mass is 274 g/mol. The highest BCUT2D eigenvalue weighted by Gasteiger charge is 2.28. The first-order valence-corrected chi connectivity index (χ1v) is 5.69. The van der Waals surface area contributed by atoms with E-state index in [2.05, 4.69) is 20.7 Å². The molecule has 2 atom stereocenters. The Morgan fingerprint density at radius 3 is 2.50 bits per heavy atom. The van der Waals surface area contributed by atoms with E-state index in [0.29, 0.717) is 10.7 Å². The topological polar surface area (TPSA) is 9.23 Å². The molecule has 0 aromatic carbocycles. The van der Waals surface area contributed by atoms with Crippen LogP contribution in [-0.4, -0.2) is 24.2 Å². The largest absolute Gasteiger partial charge is 0.411 e. The molecule has 1 rings (SSSR count). The number of alkyl halides is 4. The molecule has 0 bridgehead atoms. The Labute approximate surface area is 90.1 Å². The predicted molar refractivity (Wildman–Crippen MR) is 51.5 cm³/mol. The molecule has 0 aliphatic heterocycles. The van der Waals surface area contributed by atoms with Gasteiger partial charge in [0.25, 0.3) is 0 Å². The van der Waals surface area contributed by atoms with Gasteiger partial charge in [0.15, 0.2) is 0 Å². The fourth-order valence-corrected chi connectivity index (χ4v) is 2.59. The molecule has 0 aromatic rings. The molecule has 0 spiro atoms. The minimum atomic E-state index is -4.19. The fraction of sp³-hybridized carbons (Fsp3) is 1.00. The lowest BCUT2D eigenvalue weighted by Gasteiger charge is -2.14. The van der Waals surface area contributed by atoms with Gasteiger partial charge in [-0.2, -0.15) is 13.2 Å². The molecule has 2 unspecified atom stereocenters. The third-order valence-electron chi connectivity index (χ3n) is 2.47. The van der Waals surface area contributed by atoms with Gasteiger partial charge in [0.1, 0.15) is 6.61 Å². The number of ether oxygens (including phenoxy) is 1. The summed E-state index contributed by atoms with van der Waals surface area (Å²) in [6, 6.07) is 0. The van der Waals surface area contributed by atoms with Crippen LogP contribution in [0.4, 0.5) is 13.2 Å². The maximum Gasteiger partial charge on any atom is 0.411 e. The molecule has 1 fully saturated rings. The Hall–Kier alpha value is 0.230. The van der Waals surface area contributed by atoms with Crippen molar-refractivity contribution < 1.29 is 17.9 Å². The summed E-state index contributed by atoms with van der Waals surface area (Å²) in [5.74, 6) is 0.489. The Bertz CT molecular complexity index is 172. The van der Waals surface area contributed by atoms with Gasteiger partial charge in [-0.1, -0.05) is 22.4 Å². The van der Waals surface area contributed by atoms with Crippen molar-refractivity contribution in [3.63, 3.8) is 0 Å². The van der Waals surface area contributed by atoms with Crippen molar-refractivity contribution in [2.24, 2.45) is 5.92 Å². The highest BCUT2D eigenvalue weighted by atomic mass is 79.9. The van der Waals surface area contributed by atoms with E-state index in [0.717, 1.165) is 19.3 Å². The zero-order chi connectivity index (χ0) is 10.6. The molecule has 14 heavy (non-hydrogen) atoms. The molecule has 1 saturated carbocycles. The Balaban J connectivity index is 2.04. The molecule has 84 valence electrons. The number of halogens is 4. The maximum atomic E-state index is 11.7. The van der Waals surface area contributed by atoms with Gasteiger partial charge in [-0.05, 0) is 25.2 Å². The smallest absolute Gasteiger partial charge is 0.372 e. The van der Waals surface area contributed by atoms with Gasteiger partial charge in [-0.3, -0.25) is 0 Å². The molecular weight excluding hydrogens is 261 g/mol. The van der Waals surface area contributed by atoms with E-state index in [1.54, 1.807) is 0 Å². The van der Waals surface area contributed by atoms with Crippen LogP contribution in [0.5, 0.6) is 0 Å². The Morgan fingerprint density at radius 1 is 1.29 bits per heavy atom. The van der Waals surface area contributed by atoms with E-state index < -0.39 is 12.8 Å². The standard InChI is InChI=1S/C9H14BrF3O/c10-8-3-1-2-7(8)4-5-14-6-9(11,12)13/h7-8H,1-6H2. The zero-order valence-electron chi connectivity index (χ0n) is 7.82. The van der Waals surface area contributed by atoms with E-state index in [1.165, 1.54) is 6.42 Å². The number of rotatable bonds is 4. The van der Waals surface area contributed by atoms with Gasteiger partial charge in [-0.15, -0.1) is 0 Å². The Morgan fingerprint density at radius 2 is 2.00 bits per heavy atom. The first kappa shape index (κ1) is 12.3. The van der Waals surface area contributed by atoms with Crippen molar-refractivity contribution in [1.82, 2.24) is 0 Å². The van der Waals surface area contributed by atoms with Crippen LogP contribution in [0.2, 0.25) is 0 Å². The van der Waals surface area contributed by atoms with Crippen molar-refractivity contribution in [2.75, 3.05) is 13.2 Å². The van der Waals surface area contributed by atoms with Crippen LogP contribution in [0, 0.1) is 5.92 Å². The third-order valence-corrected chi connectivity index (χ3v) is 3.67. The number of hydrogen-bond donors (Lipinski definition) is 0. The average molecular weight is 275 g/mol. The van der Waals surface area contributed by atoms with Gasteiger partial charge in [-0.25, -0.2) is 0 Å². The van der Waals surface area contributed by atoms with Crippen LogP contribution in [0.1, 0.15) is 25.7 Å². The minimum absolute atomic E-state index is 0.215. The van der Waals surface area contributed by atoms with Crippen molar-refractivity contribution >= 4 is 15.9 Å². The predicted octanol–water partition coefficient (Wildman–Crippen LogP) is 3.52. The SMILES string of the molecule is FC(F)(F)COCCC1CCCC1Br. The maximum absolute atomic E-state index is 11.7. The molecule has 0 aromatic heterocycles.